The van der Waals surface area contributed by atoms with Gasteiger partial charge >= 0.3 is 5.97 Å². The van der Waals surface area contributed by atoms with E-state index in [1.54, 1.807) is 14.0 Å². The predicted octanol–water partition coefficient (Wildman–Crippen LogP) is 3.13. The number of Topliss-reactive ketones (excluding diaryl/α,β-unsaturated/α-hetero) is 1. The lowest BCUT2D eigenvalue weighted by molar-refractivity contribution is -0.145. The maximum atomic E-state index is 11.5. The Balaban J connectivity index is 3.68. The smallest absolute Gasteiger partial charge is 0.313 e. The number of hydrogen-bond donors (Lipinski definition) is 0. The van der Waals surface area contributed by atoms with Gasteiger partial charge < -0.3 is 9.47 Å². The molecule has 0 saturated heterocycles. The summed E-state index contributed by atoms with van der Waals surface area (Å²) >= 11 is 0. The molecule has 0 aromatic carbocycles. The minimum absolute atomic E-state index is 0.0233. The number of methoxy groups -OCH3 is 1. The largest absolute Gasteiger partial charge is 0.466 e. The lowest BCUT2D eigenvalue weighted by Gasteiger charge is -2.20. The van der Waals surface area contributed by atoms with E-state index in [0.717, 1.165) is 25.7 Å². The van der Waals surface area contributed by atoms with Crippen LogP contribution in [0, 0.1) is 5.92 Å². The van der Waals surface area contributed by atoms with Gasteiger partial charge in [-0.05, 0) is 32.1 Å². The molecule has 19 heavy (non-hydrogen) atoms. The average molecular weight is 272 g/mol. The third kappa shape index (κ3) is 8.76. The van der Waals surface area contributed by atoms with E-state index in [0.29, 0.717) is 25.0 Å². The van der Waals surface area contributed by atoms with Crippen LogP contribution in [0.2, 0.25) is 0 Å². The van der Waals surface area contributed by atoms with Crippen LogP contribution in [0.15, 0.2) is 0 Å². The van der Waals surface area contributed by atoms with Gasteiger partial charge in [-0.25, -0.2) is 0 Å². The first-order valence-corrected chi connectivity index (χ1v) is 7.25. The summed E-state index contributed by atoms with van der Waals surface area (Å²) < 4.78 is 10.1. The first-order chi connectivity index (χ1) is 9.04. The van der Waals surface area contributed by atoms with Crippen molar-refractivity contribution in [3.63, 3.8) is 0 Å². The number of hydrogen-bond acceptors (Lipinski definition) is 4. The molecular formula is C15H28O4. The molecule has 0 spiro atoms. The van der Waals surface area contributed by atoms with Crippen LogP contribution < -0.4 is 0 Å². The molecule has 0 rings (SSSR count). The highest BCUT2D eigenvalue weighted by Gasteiger charge is 2.14. The normalized spacial score (nSPS) is 13.9. The second kappa shape index (κ2) is 11.0. The van der Waals surface area contributed by atoms with Gasteiger partial charge in [0.05, 0.1) is 12.7 Å². The molecule has 0 aromatic heterocycles. The van der Waals surface area contributed by atoms with Crippen LogP contribution in [0.5, 0.6) is 0 Å². The van der Waals surface area contributed by atoms with Gasteiger partial charge in [-0.2, -0.15) is 0 Å². The van der Waals surface area contributed by atoms with E-state index in [1.165, 1.54) is 0 Å². The standard InChI is InChI=1S/C15H28O4/c1-5-14(18-4)12(3)9-7-8-10-13(16)11-15(17)19-6-2/h12,14H,5-11H2,1-4H3/t12-,14+/m0/s1. The summed E-state index contributed by atoms with van der Waals surface area (Å²) in [6.07, 6.45) is 4.58. The molecule has 0 aliphatic heterocycles. The fourth-order valence-corrected chi connectivity index (χ4v) is 2.24. The van der Waals surface area contributed by atoms with Gasteiger partial charge in [-0.3, -0.25) is 9.59 Å². The molecule has 2 atom stereocenters. The second-order valence-corrected chi connectivity index (χ2v) is 4.93. The van der Waals surface area contributed by atoms with Crippen LogP contribution in [0.4, 0.5) is 0 Å². The van der Waals surface area contributed by atoms with Crippen LogP contribution >= 0.6 is 0 Å². The third-order valence-corrected chi connectivity index (χ3v) is 3.35. The van der Waals surface area contributed by atoms with Crippen molar-refractivity contribution in [2.75, 3.05) is 13.7 Å². The van der Waals surface area contributed by atoms with Crippen molar-refractivity contribution in [1.82, 2.24) is 0 Å². The van der Waals surface area contributed by atoms with E-state index >= 15 is 0 Å². The number of rotatable bonds is 11. The molecule has 0 bridgehead atoms. The molecule has 0 N–H and O–H groups in total. The minimum atomic E-state index is -0.411. The molecule has 0 unspecified atom stereocenters. The fraction of sp³-hybridized carbons (Fsp3) is 0.867. The van der Waals surface area contributed by atoms with Crippen LogP contribution in [0.1, 0.15) is 59.3 Å². The Bertz CT molecular complexity index is 259. The highest BCUT2D eigenvalue weighted by atomic mass is 16.5. The summed E-state index contributed by atoms with van der Waals surface area (Å²) in [6.45, 7) is 6.37. The molecule has 0 fully saturated rings. The molecule has 0 heterocycles. The zero-order valence-electron chi connectivity index (χ0n) is 12.7. The predicted molar refractivity (Wildman–Crippen MR) is 75.0 cm³/mol. The molecule has 0 aromatic rings. The van der Waals surface area contributed by atoms with Gasteiger partial charge in [0.2, 0.25) is 0 Å². The fourth-order valence-electron chi connectivity index (χ4n) is 2.24. The lowest BCUT2D eigenvalue weighted by Crippen LogP contribution is -2.19. The average Bonchev–Trinajstić information content (AvgIpc) is 2.36. The number of carbonyl (C=O) groups excluding carboxylic acids is 2. The van der Waals surface area contributed by atoms with Gasteiger partial charge in [-0.15, -0.1) is 0 Å². The van der Waals surface area contributed by atoms with E-state index in [9.17, 15) is 9.59 Å². The highest BCUT2D eigenvalue weighted by molar-refractivity contribution is 5.95. The Morgan fingerprint density at radius 1 is 1.16 bits per heavy atom. The van der Waals surface area contributed by atoms with Crippen molar-refractivity contribution >= 4 is 11.8 Å². The maximum absolute atomic E-state index is 11.5. The Labute approximate surface area is 116 Å². The van der Waals surface area contributed by atoms with E-state index < -0.39 is 5.97 Å². The summed E-state index contributed by atoms with van der Waals surface area (Å²) in [5.74, 6) is 0.0753. The van der Waals surface area contributed by atoms with E-state index in [2.05, 4.69) is 13.8 Å². The molecule has 0 saturated carbocycles. The summed E-state index contributed by atoms with van der Waals surface area (Å²) in [7, 11) is 1.74. The Morgan fingerprint density at radius 3 is 2.37 bits per heavy atom. The molecule has 0 aliphatic rings. The van der Waals surface area contributed by atoms with Crippen LogP contribution in [-0.2, 0) is 19.1 Å². The van der Waals surface area contributed by atoms with Crippen molar-refractivity contribution in [1.29, 1.82) is 0 Å². The SMILES string of the molecule is CCOC(=O)CC(=O)CCCC[C@H](C)[C@@H](CC)OC. The highest BCUT2D eigenvalue weighted by Crippen LogP contribution is 2.18. The third-order valence-electron chi connectivity index (χ3n) is 3.35. The first-order valence-electron chi connectivity index (χ1n) is 7.25. The van der Waals surface area contributed by atoms with E-state index in [1.807, 2.05) is 0 Å². The first kappa shape index (κ1) is 18.1. The van der Waals surface area contributed by atoms with Crippen molar-refractivity contribution < 1.29 is 19.1 Å². The number of ether oxygens (including phenoxy) is 2. The van der Waals surface area contributed by atoms with Crippen molar-refractivity contribution in [3.05, 3.63) is 0 Å². The minimum Gasteiger partial charge on any atom is -0.466 e. The van der Waals surface area contributed by atoms with Crippen LogP contribution in [-0.4, -0.2) is 31.6 Å². The zero-order chi connectivity index (χ0) is 14.7. The Morgan fingerprint density at radius 2 is 1.84 bits per heavy atom. The van der Waals surface area contributed by atoms with Crippen molar-refractivity contribution in [2.24, 2.45) is 5.92 Å². The topological polar surface area (TPSA) is 52.6 Å². The molecule has 0 amide bonds. The van der Waals surface area contributed by atoms with Gasteiger partial charge in [0.1, 0.15) is 12.2 Å². The van der Waals surface area contributed by atoms with Gasteiger partial charge in [0, 0.05) is 13.5 Å². The molecule has 4 heteroatoms. The number of esters is 1. The number of unbranched alkanes of at least 4 members (excludes halogenated alkanes) is 1. The van der Waals surface area contributed by atoms with Gasteiger partial charge in [-0.1, -0.05) is 20.3 Å². The summed E-state index contributed by atoms with van der Waals surface area (Å²) in [5.41, 5.74) is 0. The van der Waals surface area contributed by atoms with E-state index in [4.69, 9.17) is 9.47 Å². The van der Waals surface area contributed by atoms with Crippen molar-refractivity contribution in [2.45, 2.75) is 65.4 Å². The summed E-state index contributed by atoms with van der Waals surface area (Å²) in [6, 6.07) is 0. The zero-order valence-corrected chi connectivity index (χ0v) is 12.7. The Hall–Kier alpha value is -0.900. The molecular weight excluding hydrogens is 244 g/mol. The molecule has 112 valence electrons. The molecule has 0 radical (unpaired) electrons. The van der Waals surface area contributed by atoms with Gasteiger partial charge in [0.15, 0.2) is 0 Å². The lowest BCUT2D eigenvalue weighted by atomic mass is 9.95. The van der Waals surface area contributed by atoms with Crippen LogP contribution in [0.3, 0.4) is 0 Å². The Kier molecular flexibility index (Phi) is 10.5. The quantitative estimate of drug-likeness (QED) is 0.329. The van der Waals surface area contributed by atoms with Crippen LogP contribution in [0.25, 0.3) is 0 Å². The van der Waals surface area contributed by atoms with Crippen molar-refractivity contribution in [3.8, 4) is 0 Å². The number of carbonyl (C=O) groups is 2. The maximum Gasteiger partial charge on any atom is 0.313 e. The van der Waals surface area contributed by atoms with E-state index in [-0.39, 0.29) is 12.2 Å². The van der Waals surface area contributed by atoms with Gasteiger partial charge in [0.25, 0.3) is 0 Å². The molecule has 4 nitrogen and oxygen atoms in total. The monoisotopic (exact) mass is 272 g/mol. The summed E-state index contributed by atoms with van der Waals surface area (Å²) in [4.78, 5) is 22.6. The number of ketones is 1. The second-order valence-electron chi connectivity index (χ2n) is 4.93. The summed E-state index contributed by atoms with van der Waals surface area (Å²) in [5, 5.41) is 0. The molecule has 0 aliphatic carbocycles.